The van der Waals surface area contributed by atoms with Crippen LogP contribution >= 0.6 is 0 Å². The molecule has 0 amide bonds. The monoisotopic (exact) mass is 294 g/mol. The van der Waals surface area contributed by atoms with Crippen molar-refractivity contribution < 1.29 is 19.1 Å². The lowest BCUT2D eigenvalue weighted by molar-refractivity contribution is -0.162. The predicted molar refractivity (Wildman–Crippen MR) is 79.5 cm³/mol. The second kappa shape index (κ2) is 6.20. The van der Waals surface area contributed by atoms with Crippen molar-refractivity contribution in [2.24, 2.45) is 17.8 Å². The molecule has 3 atom stereocenters. The first kappa shape index (κ1) is 16.1. The van der Waals surface area contributed by atoms with Crippen LogP contribution in [0.5, 0.6) is 0 Å². The van der Waals surface area contributed by atoms with Crippen LogP contribution in [0.4, 0.5) is 0 Å². The zero-order valence-corrected chi connectivity index (χ0v) is 13.5. The fraction of sp³-hybridized carbons (Fsp3) is 0.765. The number of allylic oxidation sites excluding steroid dienone is 1. The van der Waals surface area contributed by atoms with Crippen molar-refractivity contribution in [1.82, 2.24) is 0 Å². The first-order valence-corrected chi connectivity index (χ1v) is 7.90. The molecule has 2 aliphatic rings. The lowest BCUT2D eigenvalue weighted by Gasteiger charge is -2.38. The van der Waals surface area contributed by atoms with Gasteiger partial charge in [-0.3, -0.25) is 4.79 Å². The molecular formula is C17H26O4. The average molecular weight is 294 g/mol. The number of hydrogen-bond donors (Lipinski definition) is 0. The quantitative estimate of drug-likeness (QED) is 0.750. The van der Waals surface area contributed by atoms with E-state index in [2.05, 4.69) is 0 Å². The Labute approximate surface area is 126 Å². The van der Waals surface area contributed by atoms with Crippen LogP contribution in [0.25, 0.3) is 0 Å². The lowest BCUT2D eigenvalue weighted by Crippen LogP contribution is -2.36. The summed E-state index contributed by atoms with van der Waals surface area (Å²) >= 11 is 0. The smallest absolute Gasteiger partial charge is 0.333 e. The van der Waals surface area contributed by atoms with Crippen LogP contribution in [0.2, 0.25) is 0 Å². The van der Waals surface area contributed by atoms with Gasteiger partial charge in [-0.15, -0.1) is 0 Å². The van der Waals surface area contributed by atoms with E-state index in [1.54, 1.807) is 0 Å². The summed E-state index contributed by atoms with van der Waals surface area (Å²) < 4.78 is 10.6. The first-order valence-electron chi connectivity index (χ1n) is 7.90. The summed E-state index contributed by atoms with van der Waals surface area (Å²) in [6, 6.07) is 0. The molecule has 2 rings (SSSR count). The molecule has 0 spiro atoms. The maximum atomic E-state index is 12.3. The molecule has 3 unspecified atom stereocenters. The van der Waals surface area contributed by atoms with Gasteiger partial charge in [0.1, 0.15) is 5.60 Å². The van der Waals surface area contributed by atoms with Crippen LogP contribution in [0, 0.1) is 17.8 Å². The summed E-state index contributed by atoms with van der Waals surface area (Å²) in [6.45, 7) is 7.87. The highest BCUT2D eigenvalue weighted by atomic mass is 16.6. The van der Waals surface area contributed by atoms with Gasteiger partial charge in [0, 0.05) is 5.57 Å². The summed E-state index contributed by atoms with van der Waals surface area (Å²) in [4.78, 5) is 24.3. The summed E-state index contributed by atoms with van der Waals surface area (Å²) in [5.74, 6) is 0.202. The molecule has 4 heteroatoms. The molecular weight excluding hydrogens is 268 g/mol. The zero-order chi connectivity index (χ0) is 15.6. The molecule has 0 N–H and O–H groups in total. The Hall–Kier alpha value is -1.32. The minimum atomic E-state index is -0.455. The number of esters is 2. The van der Waals surface area contributed by atoms with Gasteiger partial charge in [-0.1, -0.05) is 6.08 Å². The Kier molecular flexibility index (Phi) is 4.74. The Morgan fingerprint density at radius 2 is 1.95 bits per heavy atom. The van der Waals surface area contributed by atoms with Gasteiger partial charge >= 0.3 is 11.9 Å². The molecule has 0 saturated heterocycles. The van der Waals surface area contributed by atoms with E-state index in [0.717, 1.165) is 24.8 Å². The Morgan fingerprint density at radius 1 is 1.24 bits per heavy atom. The Balaban J connectivity index is 2.05. The molecule has 118 valence electrons. The van der Waals surface area contributed by atoms with Crippen molar-refractivity contribution in [3.05, 3.63) is 11.6 Å². The molecule has 0 aromatic heterocycles. The molecule has 0 aliphatic heterocycles. The Morgan fingerprint density at radius 3 is 2.57 bits per heavy atom. The highest BCUT2D eigenvalue weighted by molar-refractivity contribution is 5.89. The molecule has 0 aromatic carbocycles. The number of fused-ring (bicyclic) bond motifs is 2. The number of hydrogen-bond acceptors (Lipinski definition) is 4. The third-order valence-electron chi connectivity index (χ3n) is 4.17. The SMILES string of the molecule is CCOC(=O)C1=CCC2CC(C(=O)OC(C)(C)C)CC1C2. The van der Waals surface area contributed by atoms with Crippen LogP contribution in [-0.4, -0.2) is 24.1 Å². The number of rotatable bonds is 3. The highest BCUT2D eigenvalue weighted by Gasteiger charge is 2.40. The normalized spacial score (nSPS) is 28.6. The molecule has 0 radical (unpaired) electrons. The third kappa shape index (κ3) is 4.08. The van der Waals surface area contributed by atoms with E-state index in [-0.39, 0.29) is 23.8 Å². The Bertz CT molecular complexity index is 444. The highest BCUT2D eigenvalue weighted by Crippen LogP contribution is 2.43. The summed E-state index contributed by atoms with van der Waals surface area (Å²) in [5.41, 5.74) is 0.310. The lowest BCUT2D eigenvalue weighted by atomic mass is 9.68. The van der Waals surface area contributed by atoms with Crippen molar-refractivity contribution in [1.29, 1.82) is 0 Å². The minimum Gasteiger partial charge on any atom is -0.463 e. The predicted octanol–water partition coefficient (Wildman–Crippen LogP) is 3.25. The minimum absolute atomic E-state index is 0.0916. The molecule has 0 aromatic rings. The maximum Gasteiger partial charge on any atom is 0.333 e. The molecule has 2 bridgehead atoms. The molecule has 1 saturated carbocycles. The number of carbonyl (C=O) groups is 2. The molecule has 1 fully saturated rings. The zero-order valence-electron chi connectivity index (χ0n) is 13.5. The van der Waals surface area contributed by atoms with Gasteiger partial charge in [-0.25, -0.2) is 4.79 Å². The van der Waals surface area contributed by atoms with E-state index in [4.69, 9.17) is 9.47 Å². The van der Waals surface area contributed by atoms with E-state index in [1.807, 2.05) is 33.8 Å². The molecule has 4 nitrogen and oxygen atoms in total. The molecule has 0 heterocycles. The maximum absolute atomic E-state index is 12.3. The average Bonchev–Trinajstić information content (AvgIpc) is 2.36. The van der Waals surface area contributed by atoms with Crippen LogP contribution in [0.3, 0.4) is 0 Å². The van der Waals surface area contributed by atoms with Gasteiger partial charge < -0.3 is 9.47 Å². The van der Waals surface area contributed by atoms with Gasteiger partial charge in [0.2, 0.25) is 0 Å². The summed E-state index contributed by atoms with van der Waals surface area (Å²) in [6.07, 6.45) is 5.45. The van der Waals surface area contributed by atoms with Gasteiger partial charge in [-0.05, 0) is 65.2 Å². The van der Waals surface area contributed by atoms with Crippen molar-refractivity contribution in [2.75, 3.05) is 6.61 Å². The van der Waals surface area contributed by atoms with Gasteiger partial charge in [0.15, 0.2) is 0 Å². The second-order valence-electron chi connectivity index (χ2n) is 7.12. The third-order valence-corrected chi connectivity index (χ3v) is 4.17. The number of ether oxygens (including phenoxy) is 2. The van der Waals surface area contributed by atoms with Gasteiger partial charge in [-0.2, -0.15) is 0 Å². The summed E-state index contributed by atoms with van der Waals surface area (Å²) in [7, 11) is 0. The second-order valence-corrected chi connectivity index (χ2v) is 7.12. The van der Waals surface area contributed by atoms with Gasteiger partial charge in [0.05, 0.1) is 12.5 Å². The van der Waals surface area contributed by atoms with Gasteiger partial charge in [0.25, 0.3) is 0 Å². The topological polar surface area (TPSA) is 52.6 Å². The fourth-order valence-corrected chi connectivity index (χ4v) is 3.39. The molecule has 21 heavy (non-hydrogen) atoms. The van der Waals surface area contributed by atoms with Crippen molar-refractivity contribution in [3.63, 3.8) is 0 Å². The fourth-order valence-electron chi connectivity index (χ4n) is 3.39. The van der Waals surface area contributed by atoms with Crippen molar-refractivity contribution in [2.45, 2.75) is 59.0 Å². The van der Waals surface area contributed by atoms with E-state index in [0.29, 0.717) is 18.9 Å². The van der Waals surface area contributed by atoms with Crippen molar-refractivity contribution >= 4 is 11.9 Å². The van der Waals surface area contributed by atoms with Crippen LogP contribution in [0.15, 0.2) is 11.6 Å². The largest absolute Gasteiger partial charge is 0.463 e. The molecule has 2 aliphatic carbocycles. The van der Waals surface area contributed by atoms with E-state index in [1.165, 1.54) is 0 Å². The van der Waals surface area contributed by atoms with E-state index < -0.39 is 5.60 Å². The van der Waals surface area contributed by atoms with Crippen molar-refractivity contribution in [3.8, 4) is 0 Å². The van der Waals surface area contributed by atoms with Crippen LogP contribution in [0.1, 0.15) is 53.4 Å². The summed E-state index contributed by atoms with van der Waals surface area (Å²) in [5, 5.41) is 0. The van der Waals surface area contributed by atoms with Crippen LogP contribution < -0.4 is 0 Å². The first-order chi connectivity index (χ1) is 9.80. The van der Waals surface area contributed by atoms with E-state index >= 15 is 0 Å². The standard InChI is InChI=1S/C17H26O4/c1-5-20-16(19)14-7-6-11-8-12(14)10-13(9-11)15(18)21-17(2,3)4/h7,11-13H,5-6,8-10H2,1-4H3. The number of carbonyl (C=O) groups excluding carboxylic acids is 2. The van der Waals surface area contributed by atoms with Crippen LogP contribution in [-0.2, 0) is 19.1 Å². The van der Waals surface area contributed by atoms with E-state index in [9.17, 15) is 9.59 Å².